The van der Waals surface area contributed by atoms with Gasteiger partial charge in [-0.1, -0.05) is 22.8 Å². The predicted octanol–water partition coefficient (Wildman–Crippen LogP) is 3.29. The normalized spacial score (nSPS) is 17.2. The van der Waals surface area contributed by atoms with Crippen LogP contribution in [0.5, 0.6) is 0 Å². The molecule has 0 bridgehead atoms. The van der Waals surface area contributed by atoms with Crippen molar-refractivity contribution in [3.8, 4) is 0 Å². The second-order valence-electron chi connectivity index (χ2n) is 8.71. The fourth-order valence-corrected chi connectivity index (χ4v) is 4.04. The highest BCUT2D eigenvalue weighted by Gasteiger charge is 2.40. The molecule has 0 aromatic heterocycles. The second kappa shape index (κ2) is 10.3. The number of ether oxygens (including phenoxy) is 1. The molecule has 0 aliphatic heterocycles. The number of alkyl carbamates (subject to hydrolysis) is 1. The van der Waals surface area contributed by atoms with Gasteiger partial charge in [-0.15, -0.1) is 0 Å². The van der Waals surface area contributed by atoms with Crippen LogP contribution in [0.15, 0.2) is 34.3 Å². The summed E-state index contributed by atoms with van der Waals surface area (Å²) in [5.41, 5.74) is 8.76. The molecule has 1 amide bonds. The Morgan fingerprint density at radius 2 is 1.94 bits per heavy atom. The van der Waals surface area contributed by atoms with Crippen LogP contribution in [0.4, 0.5) is 4.79 Å². The van der Waals surface area contributed by atoms with E-state index in [2.05, 4.69) is 15.3 Å². The Kier molecular flexibility index (Phi) is 8.30. The van der Waals surface area contributed by atoms with E-state index in [4.69, 9.17) is 14.5 Å². The number of nitrogens with zero attached hydrogens (tertiary/aromatic N) is 3. The molecule has 3 unspecified atom stereocenters. The number of rotatable bonds is 10. The van der Waals surface area contributed by atoms with Crippen LogP contribution in [0.3, 0.4) is 0 Å². The van der Waals surface area contributed by atoms with Crippen LogP contribution < -0.4 is 5.32 Å². The van der Waals surface area contributed by atoms with Crippen molar-refractivity contribution >= 4 is 16.2 Å². The van der Waals surface area contributed by atoms with Crippen molar-refractivity contribution in [3.05, 3.63) is 40.3 Å². The summed E-state index contributed by atoms with van der Waals surface area (Å²) in [7, 11) is -4.11. The van der Waals surface area contributed by atoms with E-state index < -0.39 is 46.5 Å². The van der Waals surface area contributed by atoms with E-state index in [0.29, 0.717) is 0 Å². The maximum Gasteiger partial charge on any atom is 0.408 e. The minimum atomic E-state index is -4.11. The number of carbonyl (C=O) groups excluding carboxylic acids is 1. The SMILES string of the molecule is Cc1ccc(S(=O)(=O)OCC(NC(=O)OC(C)(C)C)C(O)C(CN=[N+]=[N-])C2CC2)cc1. The summed E-state index contributed by atoms with van der Waals surface area (Å²) in [5.74, 6) is -0.321. The molecule has 1 saturated carbocycles. The maximum absolute atomic E-state index is 12.6. The first-order valence-corrected chi connectivity index (χ1v) is 11.5. The van der Waals surface area contributed by atoms with Crippen molar-refractivity contribution in [2.45, 2.75) is 63.2 Å². The third-order valence-corrected chi connectivity index (χ3v) is 6.14. The standard InChI is InChI=1S/C20H30N4O6S/c1-13-5-9-15(10-6-13)31(27,28)29-12-17(23-19(26)30-20(2,3)4)18(25)16(11-22-24-21)14-7-8-14/h5-6,9-10,14,16-18,25H,7-8,11-12H2,1-4H3,(H,23,26). The molecular formula is C20H30N4O6S. The first-order chi connectivity index (χ1) is 14.4. The van der Waals surface area contributed by atoms with Crippen LogP contribution in [-0.2, 0) is 19.0 Å². The Balaban J connectivity index is 2.18. The summed E-state index contributed by atoms with van der Waals surface area (Å²) in [5, 5.41) is 17.0. The summed E-state index contributed by atoms with van der Waals surface area (Å²) in [6.07, 6.45) is -0.306. The summed E-state index contributed by atoms with van der Waals surface area (Å²) in [6, 6.07) is 5.04. The van der Waals surface area contributed by atoms with E-state index in [1.807, 2.05) is 6.92 Å². The zero-order valence-corrected chi connectivity index (χ0v) is 19.0. The smallest absolute Gasteiger partial charge is 0.408 e. The lowest BCUT2D eigenvalue weighted by atomic mass is 9.92. The van der Waals surface area contributed by atoms with Gasteiger partial charge in [0.05, 0.1) is 23.6 Å². The Bertz CT molecular complexity index is 903. The van der Waals surface area contributed by atoms with Gasteiger partial charge in [-0.05, 0) is 70.0 Å². The van der Waals surface area contributed by atoms with E-state index >= 15 is 0 Å². The van der Waals surface area contributed by atoms with E-state index in [9.17, 15) is 18.3 Å². The van der Waals surface area contributed by atoms with Crippen molar-refractivity contribution in [2.75, 3.05) is 13.2 Å². The molecule has 2 rings (SSSR count). The quantitative estimate of drug-likeness (QED) is 0.240. The molecule has 1 aromatic carbocycles. The van der Waals surface area contributed by atoms with Crippen LogP contribution in [0.2, 0.25) is 0 Å². The summed E-state index contributed by atoms with van der Waals surface area (Å²) in [6.45, 7) is 6.41. The molecule has 31 heavy (non-hydrogen) atoms. The van der Waals surface area contributed by atoms with E-state index in [-0.39, 0.29) is 17.4 Å². The Morgan fingerprint density at radius 1 is 1.32 bits per heavy atom. The van der Waals surface area contributed by atoms with Gasteiger partial charge in [-0.3, -0.25) is 4.18 Å². The highest BCUT2D eigenvalue weighted by atomic mass is 32.2. The van der Waals surface area contributed by atoms with Crippen LogP contribution in [0.1, 0.15) is 39.2 Å². The van der Waals surface area contributed by atoms with Crippen LogP contribution in [-0.4, -0.2) is 50.5 Å². The van der Waals surface area contributed by atoms with Gasteiger partial charge < -0.3 is 15.2 Å². The Morgan fingerprint density at radius 3 is 2.45 bits per heavy atom. The highest BCUT2D eigenvalue weighted by molar-refractivity contribution is 7.86. The van der Waals surface area contributed by atoms with Gasteiger partial charge >= 0.3 is 6.09 Å². The van der Waals surface area contributed by atoms with Gasteiger partial charge in [-0.25, -0.2) is 4.79 Å². The van der Waals surface area contributed by atoms with Crippen molar-refractivity contribution < 1.29 is 27.2 Å². The molecule has 0 saturated heterocycles. The van der Waals surface area contributed by atoms with E-state index in [1.165, 1.54) is 12.1 Å². The number of hydrogen-bond donors (Lipinski definition) is 2. The average molecular weight is 455 g/mol. The molecule has 3 atom stereocenters. The molecule has 1 aromatic rings. The third-order valence-electron chi connectivity index (χ3n) is 4.85. The second-order valence-corrected chi connectivity index (χ2v) is 10.3. The number of aliphatic hydroxyl groups is 1. The fourth-order valence-electron chi connectivity index (χ4n) is 3.11. The Hall–Kier alpha value is -2.33. The lowest BCUT2D eigenvalue weighted by molar-refractivity contribution is 0.0208. The molecule has 1 aliphatic carbocycles. The third kappa shape index (κ3) is 8.02. The van der Waals surface area contributed by atoms with Crippen LogP contribution in [0, 0.1) is 18.8 Å². The maximum atomic E-state index is 12.6. The number of azide groups is 1. The number of hydrogen-bond acceptors (Lipinski definition) is 7. The molecule has 1 aliphatic rings. The summed E-state index contributed by atoms with van der Waals surface area (Å²) < 4.78 is 35.5. The molecule has 2 N–H and O–H groups in total. The van der Waals surface area contributed by atoms with E-state index in [0.717, 1.165) is 18.4 Å². The van der Waals surface area contributed by atoms with Gasteiger partial charge in [-0.2, -0.15) is 8.42 Å². The number of carbonyl (C=O) groups is 1. The number of benzene rings is 1. The van der Waals surface area contributed by atoms with Crippen molar-refractivity contribution in [3.63, 3.8) is 0 Å². The van der Waals surface area contributed by atoms with Gasteiger partial charge in [0.25, 0.3) is 10.1 Å². The average Bonchev–Trinajstić information content (AvgIpc) is 3.49. The van der Waals surface area contributed by atoms with Gasteiger partial charge in [0.1, 0.15) is 5.60 Å². The minimum absolute atomic E-state index is 0.0273. The summed E-state index contributed by atoms with van der Waals surface area (Å²) >= 11 is 0. The van der Waals surface area contributed by atoms with Gasteiger partial charge in [0, 0.05) is 11.5 Å². The fraction of sp³-hybridized carbons (Fsp3) is 0.650. The number of nitrogens with one attached hydrogen (secondary N) is 1. The molecule has 11 heteroatoms. The minimum Gasteiger partial charge on any atom is -0.444 e. The first kappa shape index (κ1) is 24.9. The molecule has 1 fully saturated rings. The monoisotopic (exact) mass is 454 g/mol. The zero-order chi connectivity index (χ0) is 23.2. The number of amides is 1. The summed E-state index contributed by atoms with van der Waals surface area (Å²) in [4.78, 5) is 15.0. The van der Waals surface area contributed by atoms with Crippen LogP contribution >= 0.6 is 0 Å². The van der Waals surface area contributed by atoms with Crippen molar-refractivity contribution in [1.29, 1.82) is 0 Å². The van der Waals surface area contributed by atoms with Crippen molar-refractivity contribution in [2.24, 2.45) is 17.0 Å². The largest absolute Gasteiger partial charge is 0.444 e. The topological polar surface area (TPSA) is 151 Å². The first-order valence-electron chi connectivity index (χ1n) is 10.1. The number of aliphatic hydroxyl groups excluding tert-OH is 1. The van der Waals surface area contributed by atoms with Crippen molar-refractivity contribution in [1.82, 2.24) is 5.32 Å². The number of aryl methyl sites for hydroxylation is 1. The Labute approximate surface area is 182 Å². The molecule has 172 valence electrons. The zero-order valence-electron chi connectivity index (χ0n) is 18.2. The predicted molar refractivity (Wildman–Crippen MR) is 114 cm³/mol. The van der Waals surface area contributed by atoms with Gasteiger partial charge in [0.2, 0.25) is 0 Å². The van der Waals surface area contributed by atoms with Gasteiger partial charge in [0.15, 0.2) is 0 Å². The lowest BCUT2D eigenvalue weighted by Gasteiger charge is -2.30. The molecule has 0 spiro atoms. The molecule has 0 radical (unpaired) electrons. The van der Waals surface area contributed by atoms with Crippen LogP contribution in [0.25, 0.3) is 10.4 Å². The molecule has 0 heterocycles. The van der Waals surface area contributed by atoms with E-state index in [1.54, 1.807) is 32.9 Å². The molecule has 10 nitrogen and oxygen atoms in total. The lowest BCUT2D eigenvalue weighted by Crippen LogP contribution is -2.51. The highest BCUT2D eigenvalue weighted by Crippen LogP contribution is 2.39. The molecular weight excluding hydrogens is 424 g/mol.